The van der Waals surface area contributed by atoms with Gasteiger partial charge in [0.1, 0.15) is 22.5 Å². The van der Waals surface area contributed by atoms with Crippen molar-refractivity contribution in [3.8, 4) is 33.6 Å². The first-order valence-corrected chi connectivity index (χ1v) is 16.1. The fourth-order valence-corrected chi connectivity index (χ4v) is 6.97. The average molecular weight is 619 g/mol. The molecule has 48 heavy (non-hydrogen) atoms. The maximum atomic E-state index is 6.25. The van der Waals surface area contributed by atoms with Gasteiger partial charge in [-0.3, -0.25) is 0 Å². The minimum atomic E-state index is 0.639. The monoisotopic (exact) mass is 618 g/mol. The third-order valence-electron chi connectivity index (χ3n) is 9.38. The maximum absolute atomic E-state index is 6.25. The van der Waals surface area contributed by atoms with E-state index in [1.165, 1.54) is 10.9 Å². The molecule has 0 fully saturated rings. The molecule has 0 bridgehead atoms. The van der Waals surface area contributed by atoms with E-state index in [1.54, 1.807) is 0 Å². The van der Waals surface area contributed by atoms with Crippen molar-refractivity contribution in [3.05, 3.63) is 151 Å². The zero-order chi connectivity index (χ0) is 31.6. The van der Waals surface area contributed by atoms with Gasteiger partial charge in [0, 0.05) is 57.6 Å². The highest BCUT2D eigenvalue weighted by molar-refractivity contribution is 6.09. The highest BCUT2D eigenvalue weighted by Crippen LogP contribution is 2.38. The number of furan rings is 2. The molecule has 226 valence electrons. The highest BCUT2D eigenvalue weighted by atomic mass is 16.3. The highest BCUT2D eigenvalue weighted by Gasteiger charge is 2.23. The van der Waals surface area contributed by atoms with Gasteiger partial charge in [-0.1, -0.05) is 78.9 Å². The summed E-state index contributed by atoms with van der Waals surface area (Å²) in [6.07, 6.45) is 11.7. The van der Waals surface area contributed by atoms with E-state index in [2.05, 4.69) is 66.7 Å². The second kappa shape index (κ2) is 10.6. The molecule has 1 aliphatic carbocycles. The Hall–Kier alpha value is -6.40. The zero-order valence-electron chi connectivity index (χ0n) is 25.7. The molecule has 0 unspecified atom stereocenters. The summed E-state index contributed by atoms with van der Waals surface area (Å²) < 4.78 is 12.5. The molecule has 0 amide bonds. The van der Waals surface area contributed by atoms with Crippen molar-refractivity contribution in [1.29, 1.82) is 0 Å². The summed E-state index contributed by atoms with van der Waals surface area (Å²) in [5.41, 5.74) is 9.71. The van der Waals surface area contributed by atoms with Crippen molar-refractivity contribution in [3.63, 3.8) is 0 Å². The molecule has 0 spiro atoms. The first-order chi connectivity index (χ1) is 23.8. The van der Waals surface area contributed by atoms with Crippen molar-refractivity contribution < 1.29 is 8.83 Å². The SMILES string of the molecule is C1=C(c2ncc(-c3ccc4cc(-c5cnc(-c6cccc7c6oc6ccccc67)nc5)ccc4c3)cn2)c2oc3ccccc3c2CC1. The van der Waals surface area contributed by atoms with Gasteiger partial charge < -0.3 is 8.83 Å². The van der Waals surface area contributed by atoms with E-state index >= 15 is 0 Å². The van der Waals surface area contributed by atoms with Crippen molar-refractivity contribution >= 4 is 49.3 Å². The normalized spacial score (nSPS) is 13.0. The Morgan fingerprint density at radius 3 is 1.81 bits per heavy atom. The third-order valence-corrected chi connectivity index (χ3v) is 9.38. The molecule has 0 atom stereocenters. The van der Waals surface area contributed by atoms with Crippen LogP contribution in [0.25, 0.3) is 82.9 Å². The number of fused-ring (bicyclic) bond motifs is 7. The third kappa shape index (κ3) is 4.27. The van der Waals surface area contributed by atoms with Gasteiger partial charge in [-0.25, -0.2) is 19.9 Å². The van der Waals surface area contributed by atoms with E-state index in [9.17, 15) is 0 Å². The quantitative estimate of drug-likeness (QED) is 0.195. The standard InChI is InChI=1S/C42H26N4O2/c1-3-13-37-31(7-1)33-9-5-11-35(39(33)47-37)41-43-21-29(22-44-41)27-17-15-26-20-28(18-16-25(26)19-27)30-23-45-42(46-24-30)36-12-6-10-34-32-8-2-4-14-38(32)48-40(34)36/h1-5,7-9,11-24H,6,10H2. The minimum Gasteiger partial charge on any atom is -0.456 e. The van der Waals surface area contributed by atoms with E-state index in [-0.39, 0.29) is 0 Å². The van der Waals surface area contributed by atoms with Gasteiger partial charge in [-0.05, 0) is 65.1 Å². The summed E-state index contributed by atoms with van der Waals surface area (Å²) in [4.78, 5) is 19.1. The van der Waals surface area contributed by atoms with Crippen LogP contribution >= 0.6 is 0 Å². The Labute approximate surface area is 275 Å². The zero-order valence-corrected chi connectivity index (χ0v) is 25.7. The topological polar surface area (TPSA) is 77.8 Å². The molecule has 0 saturated heterocycles. The summed E-state index contributed by atoms with van der Waals surface area (Å²) in [7, 11) is 0. The summed E-state index contributed by atoms with van der Waals surface area (Å²) in [5.74, 6) is 2.21. The summed E-state index contributed by atoms with van der Waals surface area (Å²) in [6, 6.07) is 35.3. The Morgan fingerprint density at radius 1 is 0.500 bits per heavy atom. The van der Waals surface area contributed by atoms with Gasteiger partial charge in [-0.15, -0.1) is 0 Å². The molecule has 5 aromatic carbocycles. The molecule has 9 aromatic rings. The molecular formula is C42H26N4O2. The molecule has 10 rings (SSSR count). The van der Waals surface area contributed by atoms with Crippen molar-refractivity contribution in [2.24, 2.45) is 0 Å². The molecular weight excluding hydrogens is 592 g/mol. The van der Waals surface area contributed by atoms with E-state index in [1.807, 2.05) is 67.3 Å². The van der Waals surface area contributed by atoms with Crippen LogP contribution in [0.4, 0.5) is 0 Å². The lowest BCUT2D eigenvalue weighted by atomic mass is 9.95. The first-order valence-electron chi connectivity index (χ1n) is 16.1. The van der Waals surface area contributed by atoms with E-state index in [0.717, 1.165) is 90.3 Å². The number of rotatable bonds is 4. The average Bonchev–Trinajstić information content (AvgIpc) is 3.73. The van der Waals surface area contributed by atoms with E-state index < -0.39 is 0 Å². The van der Waals surface area contributed by atoms with Gasteiger partial charge in [0.25, 0.3) is 0 Å². The summed E-state index contributed by atoms with van der Waals surface area (Å²) >= 11 is 0. The lowest BCUT2D eigenvalue weighted by Crippen LogP contribution is -2.02. The van der Waals surface area contributed by atoms with Gasteiger partial charge >= 0.3 is 0 Å². The predicted octanol–water partition coefficient (Wildman–Crippen LogP) is 10.4. The molecule has 0 aliphatic heterocycles. The Kier molecular flexibility index (Phi) is 5.90. The van der Waals surface area contributed by atoms with Crippen LogP contribution < -0.4 is 0 Å². The molecule has 0 N–H and O–H groups in total. The molecule has 4 aromatic heterocycles. The van der Waals surface area contributed by atoms with Gasteiger partial charge in [0.15, 0.2) is 11.6 Å². The second-order valence-electron chi connectivity index (χ2n) is 12.2. The molecule has 4 heterocycles. The predicted molar refractivity (Wildman–Crippen MR) is 190 cm³/mol. The van der Waals surface area contributed by atoms with Crippen LogP contribution in [-0.2, 0) is 6.42 Å². The second-order valence-corrected chi connectivity index (χ2v) is 12.2. The smallest absolute Gasteiger partial charge is 0.162 e. The number of allylic oxidation sites excluding steroid dienone is 1. The van der Waals surface area contributed by atoms with Crippen molar-refractivity contribution in [1.82, 2.24) is 19.9 Å². The summed E-state index contributed by atoms with van der Waals surface area (Å²) in [6.45, 7) is 0. The first kappa shape index (κ1) is 26.8. The van der Waals surface area contributed by atoms with E-state index in [4.69, 9.17) is 28.8 Å². The number of nitrogens with zero attached hydrogens (tertiary/aromatic N) is 4. The fraction of sp³-hybridized carbons (Fsp3) is 0.0476. The van der Waals surface area contributed by atoms with Crippen LogP contribution in [0.1, 0.15) is 23.6 Å². The van der Waals surface area contributed by atoms with Gasteiger partial charge in [-0.2, -0.15) is 0 Å². The molecule has 1 aliphatic rings. The van der Waals surface area contributed by atoms with Crippen molar-refractivity contribution in [2.45, 2.75) is 12.8 Å². The molecule has 0 saturated carbocycles. The lowest BCUT2D eigenvalue weighted by molar-refractivity contribution is 0.590. The van der Waals surface area contributed by atoms with Crippen LogP contribution in [0.3, 0.4) is 0 Å². The van der Waals surface area contributed by atoms with Crippen LogP contribution in [0.5, 0.6) is 0 Å². The number of hydrogen-bond acceptors (Lipinski definition) is 6. The number of aromatic nitrogens is 4. The molecule has 0 radical (unpaired) electrons. The van der Waals surface area contributed by atoms with Crippen LogP contribution in [0.2, 0.25) is 0 Å². The Bertz CT molecular complexity index is 2720. The van der Waals surface area contributed by atoms with Gasteiger partial charge in [0.2, 0.25) is 0 Å². The molecule has 6 heteroatoms. The number of hydrogen-bond donors (Lipinski definition) is 0. The van der Waals surface area contributed by atoms with Crippen LogP contribution in [0, 0.1) is 0 Å². The summed E-state index contributed by atoms with van der Waals surface area (Å²) in [5, 5.41) is 5.60. The van der Waals surface area contributed by atoms with E-state index in [0.29, 0.717) is 11.6 Å². The minimum absolute atomic E-state index is 0.639. The number of benzene rings is 5. The molecule has 6 nitrogen and oxygen atoms in total. The van der Waals surface area contributed by atoms with Crippen LogP contribution in [0.15, 0.2) is 143 Å². The maximum Gasteiger partial charge on any atom is 0.162 e. The number of para-hydroxylation sites is 3. The van der Waals surface area contributed by atoms with Gasteiger partial charge in [0.05, 0.1) is 11.1 Å². The Morgan fingerprint density at radius 2 is 1.10 bits per heavy atom. The van der Waals surface area contributed by atoms with Crippen LogP contribution in [-0.4, -0.2) is 19.9 Å². The number of aryl methyl sites for hydroxylation is 1. The lowest BCUT2D eigenvalue weighted by Gasteiger charge is -2.12. The fourth-order valence-electron chi connectivity index (χ4n) is 6.97. The van der Waals surface area contributed by atoms with Crippen molar-refractivity contribution in [2.75, 3.05) is 0 Å². The largest absolute Gasteiger partial charge is 0.456 e. The Balaban J connectivity index is 0.920.